The zero-order valence-electron chi connectivity index (χ0n) is 19.8. The fourth-order valence-corrected chi connectivity index (χ4v) is 3.80. The number of pyridine rings is 1. The first kappa shape index (κ1) is 24.3. The number of alkyl halides is 2. The molecule has 5 aromatic rings. The lowest BCUT2D eigenvalue weighted by molar-refractivity contribution is -0.0501. The fraction of sp³-hybridized carbons (Fsp3) is 0.125. The third kappa shape index (κ3) is 4.55. The van der Waals surface area contributed by atoms with Gasteiger partial charge in [-0.1, -0.05) is 0 Å². The molecule has 12 nitrogen and oxygen atoms in total. The molecule has 0 radical (unpaired) electrons. The number of ether oxygens (including phenoxy) is 1. The SMILES string of the molecule is Cc1cc(C(=O)O)c(Nc2ccc3c(c2)ncn3-c2ccc(OC(F)F)c(-n3nc(C#N)cc3C)n2)nn1. The van der Waals surface area contributed by atoms with Gasteiger partial charge < -0.3 is 15.2 Å². The van der Waals surface area contributed by atoms with Gasteiger partial charge in [0.15, 0.2) is 23.1 Å². The van der Waals surface area contributed by atoms with Gasteiger partial charge in [-0.15, -0.1) is 5.10 Å². The van der Waals surface area contributed by atoms with Crippen molar-refractivity contribution in [3.63, 3.8) is 0 Å². The molecule has 38 heavy (non-hydrogen) atoms. The van der Waals surface area contributed by atoms with Crippen molar-refractivity contribution in [2.75, 3.05) is 5.32 Å². The van der Waals surface area contributed by atoms with Gasteiger partial charge in [-0.25, -0.2) is 19.4 Å². The van der Waals surface area contributed by atoms with Crippen LogP contribution in [0.5, 0.6) is 5.75 Å². The van der Waals surface area contributed by atoms with Gasteiger partial charge >= 0.3 is 12.6 Å². The normalized spacial score (nSPS) is 11.1. The summed E-state index contributed by atoms with van der Waals surface area (Å²) in [5.74, 6) is -0.985. The lowest BCUT2D eigenvalue weighted by Crippen LogP contribution is -2.11. The molecule has 0 spiro atoms. The number of aromatic carboxylic acids is 1. The van der Waals surface area contributed by atoms with E-state index in [1.165, 1.54) is 35.3 Å². The summed E-state index contributed by atoms with van der Waals surface area (Å²) < 4.78 is 33.6. The third-order valence-electron chi connectivity index (χ3n) is 5.45. The van der Waals surface area contributed by atoms with E-state index >= 15 is 0 Å². The smallest absolute Gasteiger partial charge is 0.387 e. The number of fused-ring (bicyclic) bond motifs is 1. The van der Waals surface area contributed by atoms with Crippen LogP contribution in [0, 0.1) is 25.2 Å². The van der Waals surface area contributed by atoms with Gasteiger partial charge in [0, 0.05) is 11.4 Å². The molecular weight excluding hydrogens is 500 g/mol. The summed E-state index contributed by atoms with van der Waals surface area (Å²) in [6.45, 7) is 0.209. The van der Waals surface area contributed by atoms with Crippen molar-refractivity contribution in [1.29, 1.82) is 5.26 Å². The van der Waals surface area contributed by atoms with Crippen molar-refractivity contribution in [3.05, 3.63) is 71.4 Å². The molecule has 0 unspecified atom stereocenters. The van der Waals surface area contributed by atoms with Crippen molar-refractivity contribution in [3.8, 4) is 23.5 Å². The summed E-state index contributed by atoms with van der Waals surface area (Å²) in [5, 5.41) is 33.6. The van der Waals surface area contributed by atoms with Gasteiger partial charge in [0.05, 0.1) is 16.7 Å². The number of benzene rings is 1. The van der Waals surface area contributed by atoms with Crippen LogP contribution in [0.3, 0.4) is 0 Å². The Hall–Kier alpha value is -5.45. The molecule has 0 aliphatic heterocycles. The van der Waals surface area contributed by atoms with Gasteiger partial charge in [-0.2, -0.15) is 24.2 Å². The number of imidazole rings is 1. The molecule has 0 saturated heterocycles. The highest BCUT2D eigenvalue weighted by Crippen LogP contribution is 2.28. The first-order valence-corrected chi connectivity index (χ1v) is 11.0. The second-order valence-electron chi connectivity index (χ2n) is 8.06. The molecule has 0 fully saturated rings. The minimum Gasteiger partial charge on any atom is -0.478 e. The van der Waals surface area contributed by atoms with Crippen LogP contribution in [0.1, 0.15) is 27.4 Å². The number of carboxylic acids is 1. The van der Waals surface area contributed by atoms with E-state index in [9.17, 15) is 23.9 Å². The number of nitriles is 1. The highest BCUT2D eigenvalue weighted by Gasteiger charge is 2.19. The Morgan fingerprint density at radius 1 is 1.16 bits per heavy atom. The molecule has 0 amide bonds. The number of nitrogens with zero attached hydrogens (tertiary/aromatic N) is 8. The monoisotopic (exact) mass is 517 g/mol. The van der Waals surface area contributed by atoms with Gasteiger partial charge in [-0.3, -0.25) is 4.57 Å². The van der Waals surface area contributed by atoms with Crippen LogP contribution in [0.25, 0.3) is 22.7 Å². The second kappa shape index (κ2) is 9.54. The Bertz CT molecular complexity index is 1740. The van der Waals surface area contributed by atoms with Crippen LogP contribution < -0.4 is 10.1 Å². The first-order chi connectivity index (χ1) is 18.2. The molecule has 4 aromatic heterocycles. The molecule has 5 rings (SSSR count). The average Bonchev–Trinajstić information content (AvgIpc) is 3.48. The largest absolute Gasteiger partial charge is 0.478 e. The number of aromatic nitrogens is 7. The van der Waals surface area contributed by atoms with Crippen LogP contribution in [0.2, 0.25) is 0 Å². The van der Waals surface area contributed by atoms with E-state index < -0.39 is 12.6 Å². The maximum Gasteiger partial charge on any atom is 0.387 e. The van der Waals surface area contributed by atoms with E-state index in [2.05, 4.69) is 35.3 Å². The van der Waals surface area contributed by atoms with Crippen molar-refractivity contribution in [2.45, 2.75) is 20.5 Å². The number of hydrogen-bond acceptors (Lipinski definition) is 9. The van der Waals surface area contributed by atoms with E-state index in [1.54, 1.807) is 36.6 Å². The molecule has 1 aromatic carbocycles. The van der Waals surface area contributed by atoms with E-state index in [0.29, 0.717) is 33.9 Å². The number of nitrogens with one attached hydrogen (secondary N) is 1. The Kier molecular flexibility index (Phi) is 6.09. The highest BCUT2D eigenvalue weighted by atomic mass is 19.3. The zero-order valence-corrected chi connectivity index (χ0v) is 19.8. The minimum absolute atomic E-state index is 0.0268. The number of carboxylic acid groups (broad SMARTS) is 1. The molecule has 0 atom stereocenters. The van der Waals surface area contributed by atoms with Crippen LogP contribution in [-0.2, 0) is 0 Å². The summed E-state index contributed by atoms with van der Waals surface area (Å²) in [5.41, 5.74) is 2.71. The highest BCUT2D eigenvalue weighted by molar-refractivity contribution is 5.94. The van der Waals surface area contributed by atoms with Crippen LogP contribution >= 0.6 is 0 Å². The average molecular weight is 517 g/mol. The predicted octanol–water partition coefficient (Wildman–Crippen LogP) is 3.93. The summed E-state index contributed by atoms with van der Waals surface area (Å²) in [6.07, 6.45) is 1.50. The van der Waals surface area contributed by atoms with Crippen molar-refractivity contribution in [1.82, 2.24) is 34.5 Å². The van der Waals surface area contributed by atoms with Gasteiger partial charge in [-0.05, 0) is 56.3 Å². The van der Waals surface area contributed by atoms with Crippen LogP contribution in [-0.4, -0.2) is 52.2 Å². The maximum absolute atomic E-state index is 13.1. The molecule has 0 bridgehead atoms. The Morgan fingerprint density at radius 2 is 1.97 bits per heavy atom. The van der Waals surface area contributed by atoms with Crippen molar-refractivity contribution >= 4 is 28.5 Å². The molecule has 190 valence electrons. The molecule has 2 N–H and O–H groups in total. The topological polar surface area (TPSA) is 157 Å². The quantitative estimate of drug-likeness (QED) is 0.324. The number of carbonyl (C=O) groups is 1. The number of halogens is 2. The van der Waals surface area contributed by atoms with E-state index in [0.717, 1.165) is 0 Å². The van der Waals surface area contributed by atoms with E-state index in [4.69, 9.17) is 0 Å². The molecule has 0 aliphatic rings. The Balaban J connectivity index is 1.54. The Labute approximate surface area is 212 Å². The third-order valence-corrected chi connectivity index (χ3v) is 5.45. The maximum atomic E-state index is 13.1. The minimum atomic E-state index is -3.09. The van der Waals surface area contributed by atoms with E-state index in [-0.39, 0.29) is 28.6 Å². The summed E-state index contributed by atoms with van der Waals surface area (Å²) in [4.78, 5) is 20.5. The standard InChI is InChI=1S/C24H17F2N9O3/c1-12-7-16(23(36)37)21(32-31-12)29-14-3-4-18-17(9-14)28-11-34(18)20-6-5-19(38-24(25)26)22(30-20)35-13(2)8-15(10-27)33-35/h3-9,11,24H,1-2H3,(H,29,32)(H,36,37). The van der Waals surface area contributed by atoms with Crippen molar-refractivity contribution < 1.29 is 23.4 Å². The number of hydrogen-bond donors (Lipinski definition) is 2. The molecule has 14 heteroatoms. The van der Waals surface area contributed by atoms with Crippen molar-refractivity contribution in [2.24, 2.45) is 0 Å². The summed E-state index contributed by atoms with van der Waals surface area (Å²) >= 11 is 0. The lowest BCUT2D eigenvalue weighted by Gasteiger charge is -2.13. The molecule has 4 heterocycles. The van der Waals surface area contributed by atoms with Gasteiger partial charge in [0.1, 0.15) is 23.8 Å². The summed E-state index contributed by atoms with van der Waals surface area (Å²) in [7, 11) is 0. The van der Waals surface area contributed by atoms with E-state index in [1.807, 2.05) is 6.07 Å². The van der Waals surface area contributed by atoms with Gasteiger partial charge in [0.2, 0.25) is 0 Å². The van der Waals surface area contributed by atoms with Gasteiger partial charge in [0.25, 0.3) is 0 Å². The number of aryl methyl sites for hydroxylation is 2. The zero-order chi connectivity index (χ0) is 27.0. The summed E-state index contributed by atoms with van der Waals surface area (Å²) in [6, 6.07) is 12.7. The first-order valence-electron chi connectivity index (χ1n) is 11.0. The lowest BCUT2D eigenvalue weighted by atomic mass is 10.2. The molecule has 0 aliphatic carbocycles. The predicted molar refractivity (Wildman–Crippen MR) is 129 cm³/mol. The van der Waals surface area contributed by atoms with Crippen LogP contribution in [0.4, 0.5) is 20.3 Å². The number of rotatable bonds is 7. The molecule has 0 saturated carbocycles. The fourth-order valence-electron chi connectivity index (χ4n) is 3.80. The second-order valence-corrected chi connectivity index (χ2v) is 8.06. The molecular formula is C24H17F2N9O3. The Morgan fingerprint density at radius 3 is 2.68 bits per heavy atom. The van der Waals surface area contributed by atoms with Crippen LogP contribution in [0.15, 0.2) is 48.8 Å². The number of anilines is 2.